The van der Waals surface area contributed by atoms with Gasteiger partial charge in [-0.3, -0.25) is 4.68 Å². The van der Waals surface area contributed by atoms with Crippen LogP contribution in [0.25, 0.3) is 0 Å². The van der Waals surface area contributed by atoms with Gasteiger partial charge in [0.15, 0.2) is 0 Å². The molecule has 0 bridgehead atoms. The van der Waals surface area contributed by atoms with E-state index in [1.807, 2.05) is 0 Å². The molecule has 0 aliphatic heterocycles. The summed E-state index contributed by atoms with van der Waals surface area (Å²) in [5.74, 6) is 1.26. The number of hydrogen-bond acceptors (Lipinski definition) is 3. The van der Waals surface area contributed by atoms with Crippen LogP contribution in [0.1, 0.15) is 56.3 Å². The summed E-state index contributed by atoms with van der Waals surface area (Å²) in [6.07, 6.45) is 9.95. The van der Waals surface area contributed by atoms with Crippen LogP contribution in [0.5, 0.6) is 0 Å². The Balaban J connectivity index is 1.62. The summed E-state index contributed by atoms with van der Waals surface area (Å²) in [7, 11) is 2.07. The van der Waals surface area contributed by atoms with Crippen LogP contribution in [-0.2, 0) is 13.5 Å². The van der Waals surface area contributed by atoms with E-state index in [1.165, 1.54) is 55.5 Å². The van der Waals surface area contributed by atoms with Crippen LogP contribution < -0.4 is 5.32 Å². The Morgan fingerprint density at radius 2 is 2.32 bits per heavy atom. The summed E-state index contributed by atoms with van der Waals surface area (Å²) in [4.78, 5) is 0. The standard InChI is InChI=1S/C15H25N3S/c1-3-19-12-8-7-11(9-12)17-14-5-4-6-15-13(14)10-16-18(15)2/h10-12,14,17H,3-9H2,1-2H3/t11-,12+,14+/m0/s1. The molecule has 0 radical (unpaired) electrons. The molecule has 19 heavy (non-hydrogen) atoms. The van der Waals surface area contributed by atoms with Gasteiger partial charge in [0, 0.05) is 35.6 Å². The Morgan fingerprint density at radius 1 is 1.42 bits per heavy atom. The molecule has 1 aromatic heterocycles. The maximum absolute atomic E-state index is 4.44. The second-order valence-corrected chi connectivity index (χ2v) is 7.45. The quantitative estimate of drug-likeness (QED) is 0.918. The van der Waals surface area contributed by atoms with Gasteiger partial charge in [-0.1, -0.05) is 6.92 Å². The topological polar surface area (TPSA) is 29.9 Å². The van der Waals surface area contributed by atoms with Crippen molar-refractivity contribution in [3.63, 3.8) is 0 Å². The molecule has 1 saturated carbocycles. The maximum Gasteiger partial charge on any atom is 0.0540 e. The van der Waals surface area contributed by atoms with Crippen molar-refractivity contribution in [3.05, 3.63) is 17.5 Å². The van der Waals surface area contributed by atoms with Crippen LogP contribution in [-0.4, -0.2) is 26.8 Å². The van der Waals surface area contributed by atoms with Gasteiger partial charge in [0.1, 0.15) is 0 Å². The SMILES string of the molecule is CCS[C@@H]1CC[C@H](N[C@@H]2CCCc3c2cnn3C)C1. The van der Waals surface area contributed by atoms with Gasteiger partial charge < -0.3 is 5.32 Å². The summed E-state index contributed by atoms with van der Waals surface area (Å²) < 4.78 is 2.06. The highest BCUT2D eigenvalue weighted by molar-refractivity contribution is 7.99. The van der Waals surface area contributed by atoms with Crippen molar-refractivity contribution in [2.75, 3.05) is 5.75 Å². The molecule has 1 fully saturated rings. The average Bonchev–Trinajstić information content (AvgIpc) is 2.99. The summed E-state index contributed by atoms with van der Waals surface area (Å²) >= 11 is 2.14. The first-order valence-corrected chi connectivity index (χ1v) is 8.71. The predicted octanol–water partition coefficient (Wildman–Crippen LogP) is 3.06. The zero-order valence-corrected chi connectivity index (χ0v) is 12.9. The van der Waals surface area contributed by atoms with Gasteiger partial charge >= 0.3 is 0 Å². The number of hydrogen-bond donors (Lipinski definition) is 1. The Kier molecular flexibility index (Phi) is 4.18. The largest absolute Gasteiger partial charge is 0.307 e. The first kappa shape index (κ1) is 13.5. The third-order valence-corrected chi connectivity index (χ3v) is 5.83. The van der Waals surface area contributed by atoms with Gasteiger partial charge in [-0.2, -0.15) is 16.9 Å². The smallest absolute Gasteiger partial charge is 0.0540 e. The normalized spacial score (nSPS) is 30.5. The minimum atomic E-state index is 0.549. The monoisotopic (exact) mass is 279 g/mol. The number of nitrogens with one attached hydrogen (secondary N) is 1. The Morgan fingerprint density at radius 3 is 3.16 bits per heavy atom. The summed E-state index contributed by atoms with van der Waals surface area (Å²) in [5.41, 5.74) is 2.90. The van der Waals surface area contributed by atoms with Crippen molar-refractivity contribution >= 4 is 11.8 Å². The molecule has 3 nitrogen and oxygen atoms in total. The predicted molar refractivity (Wildman–Crippen MR) is 81.6 cm³/mol. The van der Waals surface area contributed by atoms with Gasteiger partial charge in [-0.15, -0.1) is 0 Å². The molecule has 0 saturated heterocycles. The molecular weight excluding hydrogens is 254 g/mol. The van der Waals surface area contributed by atoms with Crippen molar-refractivity contribution in [2.45, 2.75) is 62.8 Å². The van der Waals surface area contributed by atoms with Crippen LogP contribution in [0.3, 0.4) is 0 Å². The van der Waals surface area contributed by atoms with E-state index < -0.39 is 0 Å². The van der Waals surface area contributed by atoms with E-state index in [0.717, 1.165) is 11.3 Å². The zero-order chi connectivity index (χ0) is 13.2. The van der Waals surface area contributed by atoms with Crippen molar-refractivity contribution in [2.24, 2.45) is 7.05 Å². The lowest BCUT2D eigenvalue weighted by atomic mass is 9.92. The second kappa shape index (κ2) is 5.88. The van der Waals surface area contributed by atoms with E-state index in [4.69, 9.17) is 0 Å². The lowest BCUT2D eigenvalue weighted by Crippen LogP contribution is -2.33. The molecule has 0 aromatic carbocycles. The molecule has 3 rings (SSSR count). The maximum atomic E-state index is 4.44. The van der Waals surface area contributed by atoms with E-state index >= 15 is 0 Å². The summed E-state index contributed by atoms with van der Waals surface area (Å²) in [5, 5.41) is 9.24. The summed E-state index contributed by atoms with van der Waals surface area (Å²) in [6, 6.07) is 1.27. The Labute approximate surface area is 120 Å². The van der Waals surface area contributed by atoms with Crippen LogP contribution in [0.2, 0.25) is 0 Å². The average molecular weight is 279 g/mol. The highest BCUT2D eigenvalue weighted by Crippen LogP contribution is 2.34. The first-order valence-electron chi connectivity index (χ1n) is 7.66. The summed E-state index contributed by atoms with van der Waals surface area (Å²) in [6.45, 7) is 2.27. The van der Waals surface area contributed by atoms with Crippen LogP contribution in [0.4, 0.5) is 0 Å². The lowest BCUT2D eigenvalue weighted by molar-refractivity contribution is 0.394. The number of fused-ring (bicyclic) bond motifs is 1. The zero-order valence-electron chi connectivity index (χ0n) is 12.1. The second-order valence-electron chi connectivity index (χ2n) is 5.87. The Hall–Kier alpha value is -0.480. The van der Waals surface area contributed by atoms with Gasteiger partial charge in [-0.05, 0) is 44.3 Å². The van der Waals surface area contributed by atoms with Crippen LogP contribution in [0.15, 0.2) is 6.20 Å². The molecule has 0 amide bonds. The van der Waals surface area contributed by atoms with Crippen molar-refractivity contribution in [1.29, 1.82) is 0 Å². The minimum Gasteiger partial charge on any atom is -0.307 e. The number of aromatic nitrogens is 2. The number of nitrogens with zero attached hydrogens (tertiary/aromatic N) is 2. The van der Waals surface area contributed by atoms with Gasteiger partial charge in [0.25, 0.3) is 0 Å². The van der Waals surface area contributed by atoms with Crippen LogP contribution >= 0.6 is 11.8 Å². The van der Waals surface area contributed by atoms with E-state index in [1.54, 1.807) is 0 Å². The Bertz CT molecular complexity index is 429. The van der Waals surface area contributed by atoms with Crippen LogP contribution in [0, 0.1) is 0 Å². The highest BCUT2D eigenvalue weighted by atomic mass is 32.2. The number of aryl methyl sites for hydroxylation is 1. The van der Waals surface area contributed by atoms with E-state index in [2.05, 4.69) is 47.0 Å². The van der Waals surface area contributed by atoms with Crippen molar-refractivity contribution in [3.8, 4) is 0 Å². The van der Waals surface area contributed by atoms with Gasteiger partial charge in [0.05, 0.1) is 6.20 Å². The molecule has 4 heteroatoms. The molecule has 1 N–H and O–H groups in total. The van der Waals surface area contributed by atoms with E-state index in [-0.39, 0.29) is 0 Å². The molecular formula is C15H25N3S. The van der Waals surface area contributed by atoms with Crippen molar-refractivity contribution < 1.29 is 0 Å². The molecule has 1 aromatic rings. The molecule has 106 valence electrons. The minimum absolute atomic E-state index is 0.549. The molecule has 3 atom stereocenters. The highest BCUT2D eigenvalue weighted by Gasteiger charge is 2.29. The fourth-order valence-corrected chi connectivity index (χ4v) is 4.78. The molecule has 0 unspecified atom stereocenters. The van der Waals surface area contributed by atoms with E-state index in [0.29, 0.717) is 6.04 Å². The number of thioether (sulfide) groups is 1. The van der Waals surface area contributed by atoms with Gasteiger partial charge in [0.2, 0.25) is 0 Å². The van der Waals surface area contributed by atoms with Gasteiger partial charge in [-0.25, -0.2) is 0 Å². The number of rotatable bonds is 4. The van der Waals surface area contributed by atoms with E-state index in [9.17, 15) is 0 Å². The first-order chi connectivity index (χ1) is 9.28. The molecule has 2 aliphatic rings. The lowest BCUT2D eigenvalue weighted by Gasteiger charge is -2.27. The molecule has 0 spiro atoms. The molecule has 2 aliphatic carbocycles. The fourth-order valence-electron chi connectivity index (χ4n) is 3.64. The third kappa shape index (κ3) is 2.84. The van der Waals surface area contributed by atoms with Crippen molar-refractivity contribution in [1.82, 2.24) is 15.1 Å². The fraction of sp³-hybridized carbons (Fsp3) is 0.800. The third-order valence-electron chi connectivity index (χ3n) is 4.60. The molecule has 1 heterocycles.